The number of rotatable bonds is 1. The largest absolute Gasteiger partial charge is 0.435 e. The summed E-state index contributed by atoms with van der Waals surface area (Å²) in [4.78, 5) is 0. The van der Waals surface area contributed by atoms with Crippen LogP contribution >= 0.6 is 11.6 Å². The molecule has 1 heterocycles. The van der Waals surface area contributed by atoms with Crippen LogP contribution in [0.5, 0.6) is 0 Å². The van der Waals surface area contributed by atoms with Gasteiger partial charge in [-0.1, -0.05) is 17.7 Å². The molecule has 0 N–H and O–H groups in total. The maximum Gasteiger partial charge on any atom is 0.435 e. The first kappa shape index (κ1) is 13.4. The fourth-order valence-corrected chi connectivity index (χ4v) is 1.88. The summed E-state index contributed by atoms with van der Waals surface area (Å²) in [6.45, 7) is 1.22. The molecular formula is C12H7ClF3N3. The van der Waals surface area contributed by atoms with Gasteiger partial charge in [0.25, 0.3) is 0 Å². The van der Waals surface area contributed by atoms with Crippen LogP contribution < -0.4 is 0 Å². The second kappa shape index (κ2) is 4.59. The summed E-state index contributed by atoms with van der Waals surface area (Å²) in [5.74, 6) is 0. The first-order chi connectivity index (χ1) is 8.84. The Morgan fingerprint density at radius 1 is 1.37 bits per heavy atom. The van der Waals surface area contributed by atoms with Gasteiger partial charge in [-0.25, -0.2) is 4.68 Å². The molecule has 0 aliphatic rings. The lowest BCUT2D eigenvalue weighted by Crippen LogP contribution is -2.08. The molecule has 0 bridgehead atoms. The molecule has 0 spiro atoms. The molecule has 1 aromatic heterocycles. The molecule has 2 rings (SSSR count). The minimum absolute atomic E-state index is 0.158. The fraction of sp³-hybridized carbons (Fsp3) is 0.167. The Morgan fingerprint density at radius 2 is 2.05 bits per heavy atom. The summed E-state index contributed by atoms with van der Waals surface area (Å²) in [6.07, 6.45) is -4.60. The van der Waals surface area contributed by atoms with Crippen molar-refractivity contribution in [3.63, 3.8) is 0 Å². The third kappa shape index (κ3) is 2.42. The van der Waals surface area contributed by atoms with Gasteiger partial charge in [0, 0.05) is 10.6 Å². The SMILES string of the molecule is Cc1c(C(F)(F)F)nn(-c2cccc(Cl)c2)c1C#N. The van der Waals surface area contributed by atoms with Crippen molar-refractivity contribution in [2.45, 2.75) is 13.1 Å². The van der Waals surface area contributed by atoms with Crippen molar-refractivity contribution in [2.24, 2.45) is 0 Å². The zero-order chi connectivity index (χ0) is 14.2. The van der Waals surface area contributed by atoms with Crippen molar-refractivity contribution in [1.82, 2.24) is 9.78 Å². The van der Waals surface area contributed by atoms with Crippen molar-refractivity contribution < 1.29 is 13.2 Å². The summed E-state index contributed by atoms with van der Waals surface area (Å²) in [5, 5.41) is 12.8. The van der Waals surface area contributed by atoms with Crippen LogP contribution in [0.3, 0.4) is 0 Å². The molecule has 0 fully saturated rings. The minimum atomic E-state index is -4.60. The van der Waals surface area contributed by atoms with Gasteiger partial charge in [-0.2, -0.15) is 23.5 Å². The monoisotopic (exact) mass is 285 g/mol. The molecule has 0 unspecified atom stereocenters. The van der Waals surface area contributed by atoms with Crippen molar-refractivity contribution in [3.8, 4) is 11.8 Å². The smallest absolute Gasteiger partial charge is 0.222 e. The number of aromatic nitrogens is 2. The summed E-state index contributed by atoms with van der Waals surface area (Å²) in [5.41, 5.74) is -1.11. The Morgan fingerprint density at radius 3 is 2.58 bits per heavy atom. The average molecular weight is 286 g/mol. The van der Waals surface area contributed by atoms with Crippen LogP contribution in [0, 0.1) is 18.3 Å². The number of benzene rings is 1. The van der Waals surface area contributed by atoms with Gasteiger partial charge in [-0.15, -0.1) is 0 Å². The quantitative estimate of drug-likeness (QED) is 0.801. The van der Waals surface area contributed by atoms with E-state index >= 15 is 0 Å². The average Bonchev–Trinajstić information content (AvgIpc) is 2.66. The number of hydrogen-bond acceptors (Lipinski definition) is 2. The van der Waals surface area contributed by atoms with Crippen molar-refractivity contribution in [3.05, 3.63) is 46.2 Å². The Labute approximate surface area is 111 Å². The molecule has 0 atom stereocenters. The van der Waals surface area contributed by atoms with Gasteiger partial charge in [-0.3, -0.25) is 0 Å². The van der Waals surface area contributed by atoms with E-state index in [1.54, 1.807) is 18.2 Å². The van der Waals surface area contributed by atoms with Crippen LogP contribution in [0.2, 0.25) is 5.02 Å². The number of nitrogens with zero attached hydrogens (tertiary/aromatic N) is 3. The van der Waals surface area contributed by atoms with E-state index in [0.717, 1.165) is 4.68 Å². The zero-order valence-corrected chi connectivity index (χ0v) is 10.4. The van der Waals surface area contributed by atoms with Crippen molar-refractivity contribution in [1.29, 1.82) is 5.26 Å². The minimum Gasteiger partial charge on any atom is -0.222 e. The fourth-order valence-electron chi connectivity index (χ4n) is 1.69. The van der Waals surface area contributed by atoms with E-state index in [4.69, 9.17) is 16.9 Å². The maximum absolute atomic E-state index is 12.8. The molecule has 0 aliphatic carbocycles. The normalized spacial score (nSPS) is 11.4. The molecule has 3 nitrogen and oxygen atoms in total. The van der Waals surface area contributed by atoms with E-state index in [0.29, 0.717) is 10.7 Å². The Kier molecular flexibility index (Phi) is 3.25. The first-order valence-electron chi connectivity index (χ1n) is 5.17. The molecule has 2 aromatic rings. The van der Waals surface area contributed by atoms with Gasteiger partial charge < -0.3 is 0 Å². The van der Waals surface area contributed by atoms with E-state index in [-0.39, 0.29) is 11.3 Å². The van der Waals surface area contributed by atoms with Gasteiger partial charge in [0.15, 0.2) is 5.69 Å². The van der Waals surface area contributed by atoms with Crippen LogP contribution in [-0.2, 0) is 6.18 Å². The molecule has 7 heteroatoms. The van der Waals surface area contributed by atoms with E-state index in [9.17, 15) is 13.2 Å². The number of nitriles is 1. The van der Waals surface area contributed by atoms with E-state index in [2.05, 4.69) is 5.10 Å². The number of halogens is 4. The van der Waals surface area contributed by atoms with Crippen LogP contribution in [0.25, 0.3) is 5.69 Å². The van der Waals surface area contributed by atoms with Gasteiger partial charge in [0.1, 0.15) is 11.8 Å². The molecule has 0 saturated heterocycles. The number of alkyl halides is 3. The topological polar surface area (TPSA) is 41.6 Å². The molecule has 0 amide bonds. The van der Waals surface area contributed by atoms with Crippen molar-refractivity contribution >= 4 is 11.6 Å². The maximum atomic E-state index is 12.8. The lowest BCUT2D eigenvalue weighted by atomic mass is 10.2. The lowest BCUT2D eigenvalue weighted by Gasteiger charge is -2.03. The Balaban J connectivity index is 2.69. The summed E-state index contributed by atoms with van der Waals surface area (Å²) in [6, 6.07) is 7.85. The summed E-state index contributed by atoms with van der Waals surface area (Å²) < 4.78 is 39.2. The Bertz CT molecular complexity index is 668. The second-order valence-corrected chi connectivity index (χ2v) is 4.26. The van der Waals surface area contributed by atoms with Gasteiger partial charge in [0.2, 0.25) is 0 Å². The summed E-state index contributed by atoms with van der Waals surface area (Å²) >= 11 is 5.78. The molecule has 0 saturated carbocycles. The van der Waals surface area contributed by atoms with E-state index in [1.807, 2.05) is 0 Å². The van der Waals surface area contributed by atoms with Crippen LogP contribution in [0.15, 0.2) is 24.3 Å². The molecular weight excluding hydrogens is 279 g/mol. The molecule has 19 heavy (non-hydrogen) atoms. The van der Waals surface area contributed by atoms with Gasteiger partial charge >= 0.3 is 6.18 Å². The molecule has 98 valence electrons. The highest BCUT2D eigenvalue weighted by Crippen LogP contribution is 2.33. The molecule has 0 aliphatic heterocycles. The zero-order valence-electron chi connectivity index (χ0n) is 9.66. The first-order valence-corrected chi connectivity index (χ1v) is 5.55. The van der Waals surface area contributed by atoms with E-state index < -0.39 is 11.9 Å². The van der Waals surface area contributed by atoms with Crippen molar-refractivity contribution in [2.75, 3.05) is 0 Å². The third-order valence-electron chi connectivity index (χ3n) is 2.55. The second-order valence-electron chi connectivity index (χ2n) is 3.82. The predicted molar refractivity (Wildman–Crippen MR) is 63.0 cm³/mol. The van der Waals surface area contributed by atoms with E-state index in [1.165, 1.54) is 19.1 Å². The van der Waals surface area contributed by atoms with Crippen LogP contribution in [-0.4, -0.2) is 9.78 Å². The molecule has 1 aromatic carbocycles. The highest BCUT2D eigenvalue weighted by atomic mass is 35.5. The highest BCUT2D eigenvalue weighted by Gasteiger charge is 2.38. The Hall–Kier alpha value is -2.00. The summed E-state index contributed by atoms with van der Waals surface area (Å²) in [7, 11) is 0. The lowest BCUT2D eigenvalue weighted by molar-refractivity contribution is -0.141. The van der Waals surface area contributed by atoms with Crippen LogP contribution in [0.4, 0.5) is 13.2 Å². The number of hydrogen-bond donors (Lipinski definition) is 0. The highest BCUT2D eigenvalue weighted by molar-refractivity contribution is 6.30. The van der Waals surface area contributed by atoms with Gasteiger partial charge in [-0.05, 0) is 25.1 Å². The third-order valence-corrected chi connectivity index (χ3v) is 2.78. The predicted octanol–water partition coefficient (Wildman–Crippen LogP) is 3.72. The van der Waals surface area contributed by atoms with Crippen LogP contribution in [0.1, 0.15) is 17.0 Å². The standard InChI is InChI=1S/C12H7ClF3N3/c1-7-10(6-17)19(18-11(7)12(14,15)16)9-4-2-3-8(13)5-9/h2-5H,1H3. The molecule has 0 radical (unpaired) electrons. The van der Waals surface area contributed by atoms with Gasteiger partial charge in [0.05, 0.1) is 5.69 Å².